The van der Waals surface area contributed by atoms with Crippen molar-refractivity contribution in [1.29, 1.82) is 0 Å². The molecule has 0 aliphatic carbocycles. The lowest BCUT2D eigenvalue weighted by Gasteiger charge is -2.14. The smallest absolute Gasteiger partial charge is 0.324 e. The SMILES string of the molecule is Cc1cc2nccnc2cc1C(=O)ON1C(=O)c2ccccc2C1=O. The molecule has 0 atom stereocenters. The van der Waals surface area contributed by atoms with Gasteiger partial charge < -0.3 is 4.84 Å². The highest BCUT2D eigenvalue weighted by Gasteiger charge is 2.39. The molecule has 0 fully saturated rings. The molecule has 1 aromatic heterocycles. The average Bonchev–Trinajstić information content (AvgIpc) is 2.86. The molecule has 1 aliphatic heterocycles. The number of nitrogens with zero attached hydrogens (tertiary/aromatic N) is 3. The van der Waals surface area contributed by atoms with E-state index in [9.17, 15) is 14.4 Å². The zero-order valence-corrected chi connectivity index (χ0v) is 13.1. The summed E-state index contributed by atoms with van der Waals surface area (Å²) in [6.45, 7) is 1.72. The third-order valence-electron chi connectivity index (χ3n) is 3.97. The molecule has 7 nitrogen and oxygen atoms in total. The number of hydrogen-bond acceptors (Lipinski definition) is 6. The van der Waals surface area contributed by atoms with E-state index in [0.29, 0.717) is 21.7 Å². The number of imide groups is 1. The van der Waals surface area contributed by atoms with Crippen LogP contribution in [0.1, 0.15) is 36.6 Å². The molecule has 25 heavy (non-hydrogen) atoms. The molecule has 2 amide bonds. The Morgan fingerprint density at radius 2 is 1.52 bits per heavy atom. The zero-order valence-electron chi connectivity index (χ0n) is 13.1. The molecule has 2 heterocycles. The van der Waals surface area contributed by atoms with Crippen LogP contribution in [0.15, 0.2) is 48.8 Å². The number of amides is 2. The van der Waals surface area contributed by atoms with Gasteiger partial charge in [-0.05, 0) is 36.8 Å². The van der Waals surface area contributed by atoms with Crippen LogP contribution in [0.4, 0.5) is 0 Å². The summed E-state index contributed by atoms with van der Waals surface area (Å²) in [6, 6.07) is 9.53. The van der Waals surface area contributed by atoms with Crippen molar-refractivity contribution in [2.45, 2.75) is 6.92 Å². The monoisotopic (exact) mass is 333 g/mol. The van der Waals surface area contributed by atoms with E-state index in [1.807, 2.05) is 0 Å². The first-order valence-corrected chi connectivity index (χ1v) is 7.48. The summed E-state index contributed by atoms with van der Waals surface area (Å²) >= 11 is 0. The number of carbonyl (C=O) groups is 3. The number of carbonyl (C=O) groups excluding carboxylic acids is 3. The third-order valence-corrected chi connectivity index (χ3v) is 3.97. The van der Waals surface area contributed by atoms with E-state index < -0.39 is 17.8 Å². The van der Waals surface area contributed by atoms with E-state index >= 15 is 0 Å². The van der Waals surface area contributed by atoms with Gasteiger partial charge in [0.25, 0.3) is 11.8 Å². The number of fused-ring (bicyclic) bond motifs is 2. The summed E-state index contributed by atoms with van der Waals surface area (Å²) in [5, 5.41) is 0.493. The normalized spacial score (nSPS) is 13.2. The molecule has 0 N–H and O–H groups in total. The van der Waals surface area contributed by atoms with E-state index in [-0.39, 0.29) is 16.7 Å². The zero-order chi connectivity index (χ0) is 17.6. The Balaban J connectivity index is 1.66. The second-order valence-electron chi connectivity index (χ2n) is 5.54. The molecule has 0 saturated carbocycles. The maximum absolute atomic E-state index is 12.5. The van der Waals surface area contributed by atoms with Crippen molar-refractivity contribution in [3.8, 4) is 0 Å². The van der Waals surface area contributed by atoms with Crippen LogP contribution >= 0.6 is 0 Å². The fraction of sp³-hybridized carbons (Fsp3) is 0.0556. The summed E-state index contributed by atoms with van der Waals surface area (Å²) in [4.78, 5) is 50.4. The minimum Gasteiger partial charge on any atom is -0.324 e. The maximum atomic E-state index is 12.5. The van der Waals surface area contributed by atoms with Gasteiger partial charge >= 0.3 is 5.97 Å². The van der Waals surface area contributed by atoms with E-state index in [4.69, 9.17) is 4.84 Å². The van der Waals surface area contributed by atoms with Crippen LogP contribution in [0.2, 0.25) is 0 Å². The van der Waals surface area contributed by atoms with Gasteiger partial charge in [0, 0.05) is 12.4 Å². The van der Waals surface area contributed by atoms with Crippen molar-refractivity contribution < 1.29 is 19.2 Å². The first kappa shape index (κ1) is 14.9. The number of aromatic nitrogens is 2. The molecule has 0 spiro atoms. The second kappa shape index (κ2) is 5.48. The van der Waals surface area contributed by atoms with E-state index in [1.165, 1.54) is 24.4 Å². The molecule has 3 aromatic rings. The number of benzene rings is 2. The van der Waals surface area contributed by atoms with Crippen molar-refractivity contribution in [2.24, 2.45) is 0 Å². The number of hydroxylamine groups is 2. The second-order valence-corrected chi connectivity index (χ2v) is 5.54. The van der Waals surface area contributed by atoms with Crippen LogP contribution in [-0.4, -0.2) is 32.8 Å². The Labute approximate surface area is 141 Å². The van der Waals surface area contributed by atoms with E-state index in [2.05, 4.69) is 9.97 Å². The third kappa shape index (κ3) is 2.33. The summed E-state index contributed by atoms with van der Waals surface area (Å²) in [5.41, 5.74) is 2.39. The number of hydrogen-bond donors (Lipinski definition) is 0. The Kier molecular flexibility index (Phi) is 3.28. The molecule has 1 aliphatic rings. The van der Waals surface area contributed by atoms with Crippen LogP contribution in [0.25, 0.3) is 11.0 Å². The predicted molar refractivity (Wildman–Crippen MR) is 86.6 cm³/mol. The van der Waals surface area contributed by atoms with Gasteiger partial charge in [-0.3, -0.25) is 19.6 Å². The average molecular weight is 333 g/mol. The molecular formula is C18H11N3O4. The first-order chi connectivity index (χ1) is 12.1. The highest BCUT2D eigenvalue weighted by molar-refractivity contribution is 6.21. The molecule has 0 saturated heterocycles. The predicted octanol–water partition coefficient (Wildman–Crippen LogP) is 2.31. The molecule has 4 rings (SSSR count). The van der Waals surface area contributed by atoms with Gasteiger partial charge in [0.05, 0.1) is 27.7 Å². The van der Waals surface area contributed by atoms with Crippen molar-refractivity contribution in [3.05, 3.63) is 71.0 Å². The van der Waals surface area contributed by atoms with Crippen LogP contribution in [0.5, 0.6) is 0 Å². The van der Waals surface area contributed by atoms with E-state index in [0.717, 1.165) is 0 Å². The Morgan fingerprint density at radius 3 is 2.12 bits per heavy atom. The quantitative estimate of drug-likeness (QED) is 0.669. The Morgan fingerprint density at radius 1 is 0.960 bits per heavy atom. The Bertz CT molecular complexity index is 1030. The van der Waals surface area contributed by atoms with Gasteiger partial charge in [-0.25, -0.2) is 4.79 Å². The number of aryl methyl sites for hydroxylation is 1. The molecule has 7 heteroatoms. The Hall–Kier alpha value is -3.61. The van der Waals surface area contributed by atoms with Gasteiger partial charge in [0.1, 0.15) is 0 Å². The van der Waals surface area contributed by atoms with Crippen LogP contribution in [0.3, 0.4) is 0 Å². The van der Waals surface area contributed by atoms with Crippen LogP contribution in [-0.2, 0) is 4.84 Å². The van der Waals surface area contributed by atoms with Crippen molar-refractivity contribution in [1.82, 2.24) is 15.0 Å². The summed E-state index contributed by atoms with van der Waals surface area (Å²) in [6.07, 6.45) is 3.06. The lowest BCUT2D eigenvalue weighted by molar-refractivity contribution is -0.0585. The summed E-state index contributed by atoms with van der Waals surface area (Å²) in [5.74, 6) is -2.13. The first-order valence-electron chi connectivity index (χ1n) is 7.48. The fourth-order valence-corrected chi connectivity index (χ4v) is 2.72. The number of rotatable bonds is 2. The molecule has 0 radical (unpaired) electrons. The van der Waals surface area contributed by atoms with Gasteiger partial charge in [-0.15, -0.1) is 0 Å². The lowest BCUT2D eigenvalue weighted by atomic mass is 10.1. The van der Waals surface area contributed by atoms with E-state index in [1.54, 1.807) is 31.3 Å². The maximum Gasteiger partial charge on any atom is 0.364 e. The molecule has 0 unspecified atom stereocenters. The highest BCUT2D eigenvalue weighted by Crippen LogP contribution is 2.24. The highest BCUT2D eigenvalue weighted by atomic mass is 16.7. The minimum atomic E-state index is -0.806. The molecular weight excluding hydrogens is 322 g/mol. The van der Waals surface area contributed by atoms with Crippen LogP contribution in [0, 0.1) is 6.92 Å². The fourth-order valence-electron chi connectivity index (χ4n) is 2.72. The largest absolute Gasteiger partial charge is 0.364 e. The van der Waals surface area contributed by atoms with Crippen LogP contribution < -0.4 is 0 Å². The topological polar surface area (TPSA) is 89.5 Å². The van der Waals surface area contributed by atoms with Gasteiger partial charge in [-0.1, -0.05) is 17.2 Å². The van der Waals surface area contributed by atoms with Gasteiger partial charge in [-0.2, -0.15) is 0 Å². The molecule has 122 valence electrons. The van der Waals surface area contributed by atoms with Crippen molar-refractivity contribution >= 4 is 28.8 Å². The van der Waals surface area contributed by atoms with Gasteiger partial charge in [0.2, 0.25) is 0 Å². The standard InChI is InChI=1S/C18H11N3O4/c1-10-8-14-15(20-7-6-19-14)9-13(10)18(24)25-21-16(22)11-4-2-3-5-12(11)17(21)23/h2-9H,1H3. The van der Waals surface area contributed by atoms with Gasteiger partial charge in [0.15, 0.2) is 0 Å². The van der Waals surface area contributed by atoms with Crippen molar-refractivity contribution in [2.75, 3.05) is 0 Å². The molecule has 2 aromatic carbocycles. The summed E-state index contributed by atoms with van der Waals surface area (Å²) in [7, 11) is 0. The lowest BCUT2D eigenvalue weighted by Crippen LogP contribution is -2.32. The minimum absolute atomic E-state index is 0.210. The van der Waals surface area contributed by atoms with Crippen molar-refractivity contribution in [3.63, 3.8) is 0 Å². The molecule has 0 bridgehead atoms. The summed E-state index contributed by atoms with van der Waals surface area (Å²) < 4.78 is 0.